The van der Waals surface area contributed by atoms with Crippen LogP contribution >= 0.6 is 0 Å². The molecule has 0 bridgehead atoms. The normalized spacial score (nSPS) is 21.4. The van der Waals surface area contributed by atoms with E-state index in [0.717, 1.165) is 56.2 Å². The van der Waals surface area contributed by atoms with Crippen molar-refractivity contribution >= 4 is 0 Å². The van der Waals surface area contributed by atoms with Gasteiger partial charge in [-0.1, -0.05) is 50.0 Å². The first-order valence-corrected chi connectivity index (χ1v) is 9.47. The van der Waals surface area contributed by atoms with Gasteiger partial charge < -0.3 is 0 Å². The van der Waals surface area contributed by atoms with Crippen LogP contribution in [0.1, 0.15) is 56.1 Å². The lowest BCUT2D eigenvalue weighted by Crippen LogP contribution is -2.15. The summed E-state index contributed by atoms with van der Waals surface area (Å²) in [6.07, 6.45) is 8.88. The third kappa shape index (κ3) is 7.58. The molecule has 1 aromatic rings. The predicted molar refractivity (Wildman–Crippen MR) is 98.4 cm³/mol. The van der Waals surface area contributed by atoms with Gasteiger partial charge in [-0.15, -0.1) is 0 Å². The van der Waals surface area contributed by atoms with Crippen molar-refractivity contribution in [1.82, 2.24) is 0 Å². The molecule has 27 heavy (non-hydrogen) atoms. The number of halogens is 4. The van der Waals surface area contributed by atoms with Crippen LogP contribution in [0.3, 0.4) is 0 Å². The van der Waals surface area contributed by atoms with Crippen molar-refractivity contribution in [3.05, 3.63) is 59.4 Å². The van der Waals surface area contributed by atoms with Gasteiger partial charge in [0.05, 0.1) is 5.56 Å². The number of benzene rings is 1. The van der Waals surface area contributed by atoms with E-state index >= 15 is 0 Å². The Balaban J connectivity index is 1.65. The molecule has 0 aromatic heterocycles. The zero-order chi connectivity index (χ0) is 19.7. The second kappa shape index (κ2) is 10.3. The van der Waals surface area contributed by atoms with Crippen LogP contribution in [0.4, 0.5) is 17.6 Å². The summed E-state index contributed by atoms with van der Waals surface area (Å²) in [5.41, 5.74) is 0.375. The van der Waals surface area contributed by atoms with Crippen LogP contribution in [0, 0.1) is 23.2 Å². The maximum atomic E-state index is 12.6. The van der Waals surface area contributed by atoms with E-state index in [9.17, 15) is 17.6 Å². The van der Waals surface area contributed by atoms with Gasteiger partial charge in [-0.2, -0.15) is 22.8 Å². The summed E-state index contributed by atoms with van der Waals surface area (Å²) in [5.74, 6) is 0.549. The summed E-state index contributed by atoms with van der Waals surface area (Å²) < 4.78 is 50.4. The van der Waals surface area contributed by atoms with Crippen LogP contribution in [0.2, 0.25) is 0 Å². The van der Waals surface area contributed by atoms with Crippen LogP contribution in [0.5, 0.6) is 0 Å². The Morgan fingerprint density at radius 1 is 1.04 bits per heavy atom. The second-order valence-electron chi connectivity index (χ2n) is 7.25. The lowest BCUT2D eigenvalue weighted by atomic mass is 9.78. The lowest BCUT2D eigenvalue weighted by molar-refractivity contribution is -0.137. The van der Waals surface area contributed by atoms with Gasteiger partial charge in [0.1, 0.15) is 6.07 Å². The summed E-state index contributed by atoms with van der Waals surface area (Å²) >= 11 is 0. The molecule has 2 rings (SSSR count). The van der Waals surface area contributed by atoms with Crippen molar-refractivity contribution < 1.29 is 17.6 Å². The van der Waals surface area contributed by atoms with Crippen molar-refractivity contribution in [1.29, 1.82) is 5.26 Å². The average Bonchev–Trinajstić information content (AvgIpc) is 2.66. The Labute approximate surface area is 158 Å². The van der Waals surface area contributed by atoms with Gasteiger partial charge in [0, 0.05) is 0 Å². The fourth-order valence-corrected chi connectivity index (χ4v) is 3.66. The number of rotatable bonds is 7. The first-order chi connectivity index (χ1) is 12.9. The van der Waals surface area contributed by atoms with Crippen molar-refractivity contribution in [2.75, 3.05) is 0 Å². The zero-order valence-corrected chi connectivity index (χ0v) is 15.3. The van der Waals surface area contributed by atoms with Crippen LogP contribution < -0.4 is 0 Å². The molecule has 0 aliphatic heterocycles. The van der Waals surface area contributed by atoms with Crippen molar-refractivity contribution in [3.8, 4) is 6.07 Å². The largest absolute Gasteiger partial charge is 0.416 e. The number of hydrogen-bond donors (Lipinski definition) is 0. The number of nitrogens with zero attached hydrogens (tertiary/aromatic N) is 1. The van der Waals surface area contributed by atoms with E-state index in [1.165, 1.54) is 25.0 Å². The van der Waals surface area contributed by atoms with Crippen LogP contribution in [-0.4, -0.2) is 0 Å². The van der Waals surface area contributed by atoms with E-state index in [-0.39, 0.29) is 0 Å². The van der Waals surface area contributed by atoms with Gasteiger partial charge in [0.2, 0.25) is 0 Å². The van der Waals surface area contributed by atoms with E-state index in [1.54, 1.807) is 18.2 Å². The predicted octanol–water partition coefficient (Wildman–Crippen LogP) is 7.16. The molecular formula is C22H25F4N. The first kappa shape index (κ1) is 21.2. The number of hydrogen-bond acceptors (Lipinski definition) is 1. The first-order valence-electron chi connectivity index (χ1n) is 9.47. The monoisotopic (exact) mass is 379 g/mol. The highest BCUT2D eigenvalue weighted by Crippen LogP contribution is 2.34. The number of aryl methyl sites for hydroxylation is 1. The van der Waals surface area contributed by atoms with Crippen LogP contribution in [-0.2, 0) is 12.6 Å². The smallest absolute Gasteiger partial charge is 0.195 e. The van der Waals surface area contributed by atoms with Crippen LogP contribution in [0.25, 0.3) is 0 Å². The van der Waals surface area contributed by atoms with Crippen molar-refractivity contribution in [2.24, 2.45) is 11.8 Å². The molecule has 0 unspecified atom stereocenters. The molecule has 1 nitrogen and oxygen atoms in total. The van der Waals surface area contributed by atoms with Gasteiger partial charge in [-0.25, -0.2) is 0 Å². The van der Waals surface area contributed by atoms with Gasteiger partial charge in [0.25, 0.3) is 0 Å². The molecule has 0 saturated heterocycles. The molecule has 1 fully saturated rings. The van der Waals surface area contributed by atoms with Gasteiger partial charge in [0.15, 0.2) is 5.83 Å². The highest BCUT2D eigenvalue weighted by molar-refractivity contribution is 5.24. The zero-order valence-electron chi connectivity index (χ0n) is 15.3. The highest BCUT2D eigenvalue weighted by Gasteiger charge is 2.30. The van der Waals surface area contributed by atoms with Gasteiger partial charge in [-0.05, 0) is 61.3 Å². The number of alkyl halides is 3. The van der Waals surface area contributed by atoms with Crippen molar-refractivity contribution in [2.45, 2.75) is 57.5 Å². The van der Waals surface area contributed by atoms with E-state index in [4.69, 9.17) is 5.26 Å². The molecular weight excluding hydrogens is 354 g/mol. The van der Waals surface area contributed by atoms with E-state index in [1.807, 2.05) is 6.08 Å². The SMILES string of the molecule is N#C/C(F)=C/C=C/CCC1CCC(CCc2ccc(C(F)(F)F)cc2)CC1. The molecule has 146 valence electrons. The third-order valence-electron chi connectivity index (χ3n) is 5.32. The maximum absolute atomic E-state index is 12.6. The molecule has 1 aliphatic rings. The Kier molecular flexibility index (Phi) is 8.09. The maximum Gasteiger partial charge on any atom is 0.416 e. The lowest BCUT2D eigenvalue weighted by Gasteiger charge is -2.28. The minimum atomic E-state index is -4.27. The van der Waals surface area contributed by atoms with E-state index in [0.29, 0.717) is 11.8 Å². The van der Waals surface area contributed by atoms with Crippen LogP contribution in [0.15, 0.2) is 48.3 Å². The summed E-state index contributed by atoms with van der Waals surface area (Å²) in [4.78, 5) is 0. The molecule has 1 aromatic carbocycles. The summed E-state index contributed by atoms with van der Waals surface area (Å²) in [6, 6.07) is 6.94. The second-order valence-corrected chi connectivity index (χ2v) is 7.25. The molecule has 0 spiro atoms. The third-order valence-corrected chi connectivity index (χ3v) is 5.32. The molecule has 0 N–H and O–H groups in total. The average molecular weight is 379 g/mol. The molecule has 5 heteroatoms. The highest BCUT2D eigenvalue weighted by atomic mass is 19.4. The van der Waals surface area contributed by atoms with Gasteiger partial charge in [-0.3, -0.25) is 0 Å². The Morgan fingerprint density at radius 2 is 1.63 bits per heavy atom. The fraction of sp³-hybridized carbons (Fsp3) is 0.500. The summed E-state index contributed by atoms with van der Waals surface area (Å²) in [7, 11) is 0. The minimum absolute atomic E-state index is 0.591. The molecule has 0 heterocycles. The summed E-state index contributed by atoms with van der Waals surface area (Å²) in [5, 5.41) is 8.31. The fourth-order valence-electron chi connectivity index (χ4n) is 3.66. The van der Waals surface area contributed by atoms with Crippen molar-refractivity contribution in [3.63, 3.8) is 0 Å². The Bertz CT molecular complexity index is 672. The molecule has 0 atom stereocenters. The molecule has 0 radical (unpaired) electrons. The summed E-state index contributed by atoms with van der Waals surface area (Å²) in [6.45, 7) is 0. The Morgan fingerprint density at radius 3 is 2.19 bits per heavy atom. The molecule has 0 amide bonds. The Hall–Kier alpha value is -2.09. The van der Waals surface area contributed by atoms with E-state index in [2.05, 4.69) is 0 Å². The quantitative estimate of drug-likeness (QED) is 0.280. The minimum Gasteiger partial charge on any atom is -0.195 e. The van der Waals surface area contributed by atoms with Gasteiger partial charge >= 0.3 is 6.18 Å². The number of allylic oxidation sites excluding steroid dienone is 4. The molecule has 1 aliphatic carbocycles. The number of nitriles is 1. The van der Waals surface area contributed by atoms with E-state index < -0.39 is 17.6 Å². The standard InChI is InChI=1S/C22H25F4N/c23-21(16-27)5-3-1-2-4-17-6-8-18(9-7-17)10-11-19-12-14-20(15-13-19)22(24,25)26/h1,3,5,12-15,17-18H,2,4,6-11H2/b3-1+,21-5-. The topological polar surface area (TPSA) is 23.8 Å². The molecule has 1 saturated carbocycles.